The molecule has 2 aliphatic carbocycles. The Labute approximate surface area is 98.1 Å². The van der Waals surface area contributed by atoms with Crippen LogP contribution in [0.25, 0.3) is 0 Å². The van der Waals surface area contributed by atoms with Crippen LogP contribution in [-0.4, -0.2) is 50.0 Å². The third-order valence-corrected chi connectivity index (χ3v) is 6.05. The quantitative estimate of drug-likeness (QED) is 0.778. The van der Waals surface area contributed by atoms with Crippen LogP contribution in [0.3, 0.4) is 0 Å². The van der Waals surface area contributed by atoms with Crippen LogP contribution in [0.15, 0.2) is 0 Å². The van der Waals surface area contributed by atoms with Crippen LogP contribution in [0, 0.1) is 0 Å². The molecule has 0 heterocycles. The maximum atomic E-state index is 11.9. The number of likely N-dealkylation sites (N-methyl/N-ethyl adjacent to an activating group) is 1. The van der Waals surface area contributed by atoms with E-state index >= 15 is 0 Å². The van der Waals surface area contributed by atoms with Gasteiger partial charge >= 0.3 is 0 Å². The Balaban J connectivity index is 2.31. The number of nitrogens with zero attached hydrogens (tertiary/aromatic N) is 1. The third kappa shape index (κ3) is 1.89. The van der Waals surface area contributed by atoms with Crippen molar-refractivity contribution in [2.24, 2.45) is 5.73 Å². The first-order valence-electron chi connectivity index (χ1n) is 6.04. The molecule has 2 rings (SSSR count). The van der Waals surface area contributed by atoms with Crippen LogP contribution in [-0.2, 0) is 9.84 Å². The number of hydrogen-bond donors (Lipinski definition) is 1. The van der Waals surface area contributed by atoms with E-state index in [2.05, 4.69) is 4.90 Å². The van der Waals surface area contributed by atoms with Crippen LogP contribution in [0.5, 0.6) is 0 Å². The average Bonchev–Trinajstić information content (AvgIpc) is 2.94. The summed E-state index contributed by atoms with van der Waals surface area (Å²) in [5, 5.41) is -0.268. The summed E-state index contributed by atoms with van der Waals surface area (Å²) >= 11 is 0. The summed E-state index contributed by atoms with van der Waals surface area (Å²) in [5.41, 5.74) is 5.62. The van der Waals surface area contributed by atoms with Gasteiger partial charge in [0.15, 0.2) is 9.84 Å². The Kier molecular flexibility index (Phi) is 3.05. The zero-order valence-electron chi connectivity index (χ0n) is 10.1. The highest BCUT2D eigenvalue weighted by Crippen LogP contribution is 2.43. The summed E-state index contributed by atoms with van der Waals surface area (Å²) in [5.74, 6) is 0. The van der Waals surface area contributed by atoms with Crippen molar-refractivity contribution in [2.75, 3.05) is 19.8 Å². The van der Waals surface area contributed by atoms with E-state index in [1.54, 1.807) is 0 Å². The van der Waals surface area contributed by atoms with Crippen molar-refractivity contribution in [3.63, 3.8) is 0 Å². The van der Waals surface area contributed by atoms with Crippen molar-refractivity contribution in [3.05, 3.63) is 0 Å². The van der Waals surface area contributed by atoms with Gasteiger partial charge in [-0.15, -0.1) is 0 Å². The van der Waals surface area contributed by atoms with Crippen molar-refractivity contribution < 1.29 is 8.42 Å². The Hall–Kier alpha value is -0.130. The molecule has 4 nitrogen and oxygen atoms in total. The lowest BCUT2D eigenvalue weighted by atomic mass is 9.95. The fraction of sp³-hybridized carbons (Fsp3) is 1.00. The van der Waals surface area contributed by atoms with Crippen LogP contribution in [0.2, 0.25) is 0 Å². The predicted octanol–water partition coefficient (Wildman–Crippen LogP) is 0.375. The molecule has 2 saturated carbocycles. The first-order valence-corrected chi connectivity index (χ1v) is 7.99. The third-order valence-electron chi connectivity index (χ3n) is 4.34. The molecule has 0 aromatic heterocycles. The second-order valence-electron chi connectivity index (χ2n) is 5.36. The van der Waals surface area contributed by atoms with Gasteiger partial charge in [-0.25, -0.2) is 8.42 Å². The molecule has 16 heavy (non-hydrogen) atoms. The molecule has 5 heteroatoms. The normalized spacial score (nSPS) is 35.9. The van der Waals surface area contributed by atoms with Crippen molar-refractivity contribution in [1.82, 2.24) is 4.90 Å². The largest absolute Gasteiger partial charge is 0.329 e. The first-order chi connectivity index (χ1) is 7.42. The molecule has 2 atom stereocenters. The van der Waals surface area contributed by atoms with Crippen LogP contribution in [0.4, 0.5) is 0 Å². The Morgan fingerprint density at radius 1 is 1.38 bits per heavy atom. The minimum absolute atomic E-state index is 0.268. The molecule has 0 bridgehead atoms. The SMILES string of the molecule is CN(C1CC1)C1(CN)CCCC1S(C)(=O)=O. The number of rotatable bonds is 4. The molecule has 0 aliphatic heterocycles. The van der Waals surface area contributed by atoms with E-state index in [9.17, 15) is 8.42 Å². The van der Waals surface area contributed by atoms with Crippen molar-refractivity contribution >= 4 is 9.84 Å². The lowest BCUT2D eigenvalue weighted by molar-refractivity contribution is 0.125. The van der Waals surface area contributed by atoms with Gasteiger partial charge in [-0.2, -0.15) is 0 Å². The average molecular weight is 246 g/mol. The van der Waals surface area contributed by atoms with Gasteiger partial charge in [0.05, 0.1) is 5.25 Å². The van der Waals surface area contributed by atoms with Crippen molar-refractivity contribution in [1.29, 1.82) is 0 Å². The van der Waals surface area contributed by atoms with Gasteiger partial charge in [0.1, 0.15) is 0 Å². The van der Waals surface area contributed by atoms with Crippen LogP contribution < -0.4 is 5.73 Å². The smallest absolute Gasteiger partial charge is 0.152 e. The minimum atomic E-state index is -2.99. The topological polar surface area (TPSA) is 63.4 Å². The lowest BCUT2D eigenvalue weighted by Crippen LogP contribution is -2.59. The molecular weight excluding hydrogens is 224 g/mol. The zero-order valence-corrected chi connectivity index (χ0v) is 11.0. The maximum Gasteiger partial charge on any atom is 0.152 e. The Bertz CT molecular complexity index is 364. The summed E-state index contributed by atoms with van der Waals surface area (Å²) in [6.45, 7) is 0.456. The maximum absolute atomic E-state index is 11.9. The molecule has 2 fully saturated rings. The van der Waals surface area contributed by atoms with Gasteiger partial charge in [-0.1, -0.05) is 6.42 Å². The predicted molar refractivity (Wildman–Crippen MR) is 65.1 cm³/mol. The molecule has 0 saturated heterocycles. The summed E-state index contributed by atoms with van der Waals surface area (Å²) in [6, 6.07) is 0.561. The molecule has 0 spiro atoms. The molecule has 2 N–H and O–H groups in total. The molecule has 0 radical (unpaired) electrons. The Morgan fingerprint density at radius 3 is 2.44 bits per heavy atom. The fourth-order valence-corrected chi connectivity index (χ4v) is 5.01. The second kappa shape index (κ2) is 3.96. The van der Waals surface area contributed by atoms with E-state index in [4.69, 9.17) is 5.73 Å². The van der Waals surface area contributed by atoms with E-state index in [1.807, 2.05) is 7.05 Å². The summed E-state index contributed by atoms with van der Waals surface area (Å²) in [6.07, 6.45) is 6.41. The molecule has 94 valence electrons. The van der Waals surface area contributed by atoms with Gasteiger partial charge in [0, 0.05) is 24.4 Å². The lowest BCUT2D eigenvalue weighted by Gasteiger charge is -2.42. The van der Waals surface area contributed by atoms with Gasteiger partial charge in [0.2, 0.25) is 0 Å². The van der Waals surface area contributed by atoms with E-state index in [-0.39, 0.29) is 10.8 Å². The fourth-order valence-electron chi connectivity index (χ4n) is 3.24. The molecule has 0 aromatic carbocycles. The van der Waals surface area contributed by atoms with Gasteiger partial charge in [-0.3, -0.25) is 4.90 Å². The minimum Gasteiger partial charge on any atom is -0.329 e. The highest BCUT2D eigenvalue weighted by molar-refractivity contribution is 7.91. The standard InChI is InChI=1S/C11H22N2O2S/c1-13(9-5-6-9)11(8-12)7-3-4-10(11)16(2,14)15/h9-10H,3-8,12H2,1-2H3. The molecule has 0 amide bonds. The number of hydrogen-bond acceptors (Lipinski definition) is 4. The van der Waals surface area contributed by atoms with E-state index in [0.29, 0.717) is 12.6 Å². The zero-order chi connectivity index (χ0) is 12.0. The molecule has 2 aliphatic rings. The summed E-state index contributed by atoms with van der Waals surface area (Å²) in [4.78, 5) is 2.26. The van der Waals surface area contributed by atoms with E-state index in [0.717, 1.165) is 19.3 Å². The second-order valence-corrected chi connectivity index (χ2v) is 7.59. The molecule has 2 unspecified atom stereocenters. The van der Waals surface area contributed by atoms with E-state index < -0.39 is 9.84 Å². The highest BCUT2D eigenvalue weighted by Gasteiger charge is 2.52. The number of sulfone groups is 1. The Morgan fingerprint density at radius 2 is 2.00 bits per heavy atom. The van der Waals surface area contributed by atoms with Crippen molar-refractivity contribution in [3.8, 4) is 0 Å². The van der Waals surface area contributed by atoms with Gasteiger partial charge in [0.25, 0.3) is 0 Å². The summed E-state index contributed by atoms with van der Waals surface area (Å²) in [7, 11) is -0.945. The van der Waals surface area contributed by atoms with Crippen LogP contribution in [0.1, 0.15) is 32.1 Å². The molecule has 0 aromatic rings. The van der Waals surface area contributed by atoms with Gasteiger partial charge < -0.3 is 5.73 Å². The number of nitrogens with two attached hydrogens (primary N) is 1. The first kappa shape index (κ1) is 12.3. The monoisotopic (exact) mass is 246 g/mol. The van der Waals surface area contributed by atoms with E-state index in [1.165, 1.54) is 19.1 Å². The van der Waals surface area contributed by atoms with Crippen LogP contribution >= 0.6 is 0 Å². The van der Waals surface area contributed by atoms with Crippen molar-refractivity contribution in [2.45, 2.75) is 48.9 Å². The summed E-state index contributed by atoms with van der Waals surface area (Å²) < 4.78 is 23.7. The van der Waals surface area contributed by atoms with Gasteiger partial charge in [-0.05, 0) is 32.7 Å². The highest BCUT2D eigenvalue weighted by atomic mass is 32.2. The molecular formula is C11H22N2O2S.